The van der Waals surface area contributed by atoms with Crippen LogP contribution in [0.3, 0.4) is 0 Å². The highest BCUT2D eigenvalue weighted by Gasteiger charge is 2.30. The van der Waals surface area contributed by atoms with E-state index in [1.807, 2.05) is 6.07 Å². The van der Waals surface area contributed by atoms with Gasteiger partial charge in [0.25, 0.3) is 0 Å². The maximum atomic E-state index is 14.6. The number of hydrogen-bond acceptors (Lipinski definition) is 0. The van der Waals surface area contributed by atoms with Crippen molar-refractivity contribution in [3.8, 4) is 44.5 Å². The maximum absolute atomic E-state index is 14.6. The minimum atomic E-state index is -0.807. The number of halogens is 2. The van der Waals surface area contributed by atoms with Crippen molar-refractivity contribution in [3.63, 3.8) is 0 Å². The Morgan fingerprint density at radius 3 is 1.53 bits per heavy atom. The fraction of sp³-hybridized carbons (Fsp3) is 0. The van der Waals surface area contributed by atoms with Crippen LogP contribution in [-0.2, 0) is 0 Å². The minimum absolute atomic E-state index is 0.766. The summed E-state index contributed by atoms with van der Waals surface area (Å²) in [7, 11) is 0. The summed E-state index contributed by atoms with van der Waals surface area (Å²) in [5.74, 6) is -1.61. The summed E-state index contributed by atoms with van der Waals surface area (Å²) < 4.78 is 29.1. The Kier molecular flexibility index (Phi) is 3.14. The van der Waals surface area contributed by atoms with Crippen LogP contribution in [0.1, 0.15) is 0 Å². The van der Waals surface area contributed by atoms with Crippen molar-refractivity contribution in [2.45, 2.75) is 0 Å². The summed E-state index contributed by atoms with van der Waals surface area (Å²) >= 11 is 0. The molecule has 0 atom stereocenters. The van der Waals surface area contributed by atoms with Gasteiger partial charge in [-0.05, 0) is 111 Å². The second-order valence-corrected chi connectivity index (χ2v) is 10.6. The standard InChI is InChI=1S/C36H16F2/c37-29-15-27-25-12-11-24-23-10-9-21-17-5-1-2-6-18(17)22-13-14-26(32(23)31(21)22)33-19-7-3-4-8-20(19)34(36(25)35(24)33)28(27)16-30(29)38/h1-16H. The van der Waals surface area contributed by atoms with Crippen LogP contribution >= 0.6 is 0 Å². The second-order valence-electron chi connectivity index (χ2n) is 10.6. The van der Waals surface area contributed by atoms with Gasteiger partial charge in [-0.25, -0.2) is 8.78 Å². The van der Waals surface area contributed by atoms with E-state index in [-0.39, 0.29) is 0 Å². The average Bonchev–Trinajstić information content (AvgIpc) is 3.45. The molecular weight excluding hydrogens is 470 g/mol. The first-order valence-corrected chi connectivity index (χ1v) is 12.9. The first kappa shape index (κ1) is 19.3. The number of fused-ring (bicyclic) bond motifs is 11. The zero-order valence-electron chi connectivity index (χ0n) is 20.0. The third-order valence-electron chi connectivity index (χ3n) is 9.02. The topological polar surface area (TPSA) is 0 Å². The summed E-state index contributed by atoms with van der Waals surface area (Å²) in [5, 5.41) is 12.0. The van der Waals surface area contributed by atoms with Crippen molar-refractivity contribution >= 4 is 53.9 Å². The molecule has 0 spiro atoms. The molecule has 0 N–H and O–H groups in total. The third-order valence-corrected chi connectivity index (χ3v) is 9.02. The lowest BCUT2D eigenvalue weighted by Crippen LogP contribution is -1.91. The first-order chi connectivity index (χ1) is 18.7. The summed E-state index contributed by atoms with van der Waals surface area (Å²) in [4.78, 5) is 0. The molecule has 0 heterocycles. The van der Waals surface area contributed by atoms with E-state index in [0.29, 0.717) is 0 Å². The van der Waals surface area contributed by atoms with Gasteiger partial charge in [-0.2, -0.15) is 0 Å². The van der Waals surface area contributed by atoms with Gasteiger partial charge in [0.15, 0.2) is 11.6 Å². The second kappa shape index (κ2) is 6.17. The molecule has 0 radical (unpaired) electrons. The van der Waals surface area contributed by atoms with Crippen molar-refractivity contribution in [3.05, 3.63) is 109 Å². The molecular formula is C36H16F2. The van der Waals surface area contributed by atoms with Crippen LogP contribution < -0.4 is 0 Å². The van der Waals surface area contributed by atoms with E-state index in [1.54, 1.807) is 0 Å². The van der Waals surface area contributed by atoms with Gasteiger partial charge in [0, 0.05) is 0 Å². The molecule has 0 amide bonds. The van der Waals surface area contributed by atoms with Gasteiger partial charge in [0.1, 0.15) is 0 Å². The van der Waals surface area contributed by atoms with Gasteiger partial charge in [-0.3, -0.25) is 0 Å². The summed E-state index contributed by atoms with van der Waals surface area (Å²) in [6, 6.07) is 33.2. The molecule has 38 heavy (non-hydrogen) atoms. The highest BCUT2D eigenvalue weighted by molar-refractivity contribution is 6.45. The molecule has 8 aromatic carbocycles. The Bertz CT molecular complexity index is 2380. The average molecular weight is 487 g/mol. The highest BCUT2D eigenvalue weighted by atomic mass is 19.2. The lowest BCUT2D eigenvalue weighted by Gasteiger charge is -2.19. The van der Waals surface area contributed by atoms with Gasteiger partial charge < -0.3 is 0 Å². The molecule has 2 aliphatic rings. The van der Waals surface area contributed by atoms with Gasteiger partial charge in [0.2, 0.25) is 0 Å². The molecule has 0 aliphatic heterocycles. The van der Waals surface area contributed by atoms with Gasteiger partial charge in [-0.15, -0.1) is 0 Å². The first-order valence-electron chi connectivity index (χ1n) is 12.9. The highest BCUT2D eigenvalue weighted by Crippen LogP contribution is 2.58. The molecule has 2 heteroatoms. The summed E-state index contributed by atoms with van der Waals surface area (Å²) in [6.07, 6.45) is 0. The third kappa shape index (κ3) is 1.97. The van der Waals surface area contributed by atoms with Crippen molar-refractivity contribution in [1.82, 2.24) is 0 Å². The molecule has 0 saturated heterocycles. The van der Waals surface area contributed by atoms with Crippen LogP contribution in [0.25, 0.3) is 98.4 Å². The monoisotopic (exact) mass is 486 g/mol. The molecule has 0 bridgehead atoms. The Morgan fingerprint density at radius 1 is 0.316 bits per heavy atom. The fourth-order valence-corrected chi connectivity index (χ4v) is 7.63. The van der Waals surface area contributed by atoms with E-state index in [9.17, 15) is 8.78 Å². The van der Waals surface area contributed by atoms with E-state index in [1.165, 1.54) is 72.1 Å². The van der Waals surface area contributed by atoms with Crippen LogP contribution in [0.15, 0.2) is 97.1 Å². The minimum Gasteiger partial charge on any atom is -0.204 e. The summed E-state index contributed by atoms with van der Waals surface area (Å²) in [5.41, 5.74) is 8.67. The Balaban J connectivity index is 1.53. The number of benzene rings is 8. The molecule has 8 aromatic rings. The Morgan fingerprint density at radius 2 is 0.816 bits per heavy atom. The van der Waals surface area contributed by atoms with Gasteiger partial charge >= 0.3 is 0 Å². The molecule has 10 rings (SSSR count). The maximum Gasteiger partial charge on any atom is 0.159 e. The lowest BCUT2D eigenvalue weighted by atomic mass is 9.83. The number of rotatable bonds is 0. The fourth-order valence-electron chi connectivity index (χ4n) is 7.63. The normalized spacial score (nSPS) is 13.0. The largest absolute Gasteiger partial charge is 0.204 e. The Hall–Kier alpha value is -4.82. The molecule has 0 nitrogen and oxygen atoms in total. The van der Waals surface area contributed by atoms with E-state index in [0.717, 1.165) is 38.4 Å². The van der Waals surface area contributed by atoms with E-state index in [2.05, 4.69) is 78.9 Å². The van der Waals surface area contributed by atoms with Crippen molar-refractivity contribution in [1.29, 1.82) is 0 Å². The SMILES string of the molecule is Fc1cc2c(cc1F)-c1c3ccccc3c3c4ccc5c6c(ccc(c7ccc-2c1c73)c64)-c1ccccc1-5. The van der Waals surface area contributed by atoms with Crippen LogP contribution in [-0.4, -0.2) is 0 Å². The Labute approximate surface area is 215 Å². The molecule has 174 valence electrons. The van der Waals surface area contributed by atoms with Gasteiger partial charge in [-0.1, -0.05) is 84.9 Å². The zero-order valence-corrected chi connectivity index (χ0v) is 20.0. The summed E-state index contributed by atoms with van der Waals surface area (Å²) in [6.45, 7) is 0. The van der Waals surface area contributed by atoms with Crippen LogP contribution in [0.4, 0.5) is 8.78 Å². The van der Waals surface area contributed by atoms with Crippen molar-refractivity contribution in [2.75, 3.05) is 0 Å². The quantitative estimate of drug-likeness (QED) is 0.148. The van der Waals surface area contributed by atoms with Crippen LogP contribution in [0, 0.1) is 11.6 Å². The smallest absolute Gasteiger partial charge is 0.159 e. The van der Waals surface area contributed by atoms with Crippen molar-refractivity contribution in [2.24, 2.45) is 0 Å². The predicted molar refractivity (Wildman–Crippen MR) is 154 cm³/mol. The molecule has 0 fully saturated rings. The number of hydrogen-bond donors (Lipinski definition) is 0. The van der Waals surface area contributed by atoms with E-state index < -0.39 is 11.6 Å². The molecule has 0 aromatic heterocycles. The van der Waals surface area contributed by atoms with Gasteiger partial charge in [0.05, 0.1) is 0 Å². The predicted octanol–water partition coefficient (Wildman–Crippen LogP) is 10.5. The molecule has 0 saturated carbocycles. The van der Waals surface area contributed by atoms with Crippen LogP contribution in [0.5, 0.6) is 0 Å². The lowest BCUT2D eigenvalue weighted by molar-refractivity contribution is 0.509. The molecule has 0 unspecified atom stereocenters. The molecule has 2 aliphatic carbocycles. The van der Waals surface area contributed by atoms with E-state index in [4.69, 9.17) is 0 Å². The van der Waals surface area contributed by atoms with Crippen molar-refractivity contribution < 1.29 is 8.78 Å². The van der Waals surface area contributed by atoms with Crippen LogP contribution in [0.2, 0.25) is 0 Å². The van der Waals surface area contributed by atoms with E-state index >= 15 is 0 Å². The zero-order chi connectivity index (χ0) is 24.9.